The summed E-state index contributed by atoms with van der Waals surface area (Å²) in [7, 11) is 0. The van der Waals surface area contributed by atoms with E-state index in [1.165, 1.54) is 24.3 Å². The first-order chi connectivity index (χ1) is 16.1. The molecule has 0 aromatic heterocycles. The summed E-state index contributed by atoms with van der Waals surface area (Å²) in [4.78, 5) is 27.6. The van der Waals surface area contributed by atoms with Gasteiger partial charge >= 0.3 is 6.18 Å². The Morgan fingerprint density at radius 2 is 1.56 bits per heavy atom. The zero-order chi connectivity index (χ0) is 24.5. The largest absolute Gasteiger partial charge is 0.416 e. The van der Waals surface area contributed by atoms with Crippen molar-refractivity contribution in [1.29, 1.82) is 0 Å². The van der Waals surface area contributed by atoms with Gasteiger partial charge in [0.05, 0.1) is 11.1 Å². The fraction of sp³-hybridized carbons (Fsp3) is 0.154. The highest BCUT2D eigenvalue weighted by molar-refractivity contribution is 6.36. The van der Waals surface area contributed by atoms with Gasteiger partial charge in [0, 0.05) is 12.2 Å². The third-order valence-corrected chi connectivity index (χ3v) is 5.50. The minimum absolute atomic E-state index is 0.0342. The summed E-state index contributed by atoms with van der Waals surface area (Å²) in [5.41, 5.74) is 1.31. The van der Waals surface area contributed by atoms with Crippen LogP contribution >= 0.6 is 0 Å². The molecule has 3 aromatic carbocycles. The van der Waals surface area contributed by atoms with Crippen LogP contribution in [0.5, 0.6) is 0 Å². The molecule has 0 spiro atoms. The lowest BCUT2D eigenvalue weighted by Crippen LogP contribution is -2.34. The van der Waals surface area contributed by atoms with Crippen molar-refractivity contribution >= 4 is 23.1 Å². The number of halogens is 4. The predicted molar refractivity (Wildman–Crippen MR) is 120 cm³/mol. The SMILES string of the molecule is Cc1ccc(C2=C(Nc3cccc(C(F)(F)F)c3)C(=O)N(CCc3ccc(F)cc3)C2=O)cc1. The molecule has 0 unspecified atom stereocenters. The van der Waals surface area contributed by atoms with Crippen molar-refractivity contribution < 1.29 is 27.2 Å². The summed E-state index contributed by atoms with van der Waals surface area (Å²) in [5, 5.41) is 2.75. The van der Waals surface area contributed by atoms with Gasteiger partial charge in [0.1, 0.15) is 11.5 Å². The molecule has 4 nitrogen and oxygen atoms in total. The lowest BCUT2D eigenvalue weighted by Gasteiger charge is -2.15. The van der Waals surface area contributed by atoms with E-state index in [0.29, 0.717) is 12.0 Å². The molecular formula is C26H20F4N2O2. The normalized spacial score (nSPS) is 14.2. The average molecular weight is 468 g/mol. The Labute approximate surface area is 193 Å². The molecule has 3 aromatic rings. The van der Waals surface area contributed by atoms with Crippen LogP contribution in [0.2, 0.25) is 0 Å². The molecule has 8 heteroatoms. The van der Waals surface area contributed by atoms with Crippen LogP contribution in [-0.2, 0) is 22.2 Å². The van der Waals surface area contributed by atoms with Gasteiger partial charge in [-0.05, 0) is 54.8 Å². The van der Waals surface area contributed by atoms with Gasteiger partial charge in [-0.25, -0.2) is 4.39 Å². The monoisotopic (exact) mass is 468 g/mol. The molecule has 1 aliphatic rings. The van der Waals surface area contributed by atoms with E-state index in [2.05, 4.69) is 5.32 Å². The standard InChI is InChI=1S/C26H20F4N2O2/c1-16-5-9-18(10-6-16)22-23(31-21-4-2-3-19(15-21)26(28,29)30)25(34)32(24(22)33)14-13-17-7-11-20(27)12-8-17/h2-12,15,31H,13-14H2,1H3. The first-order valence-electron chi connectivity index (χ1n) is 10.5. The second-order valence-corrected chi connectivity index (χ2v) is 7.96. The molecular weight excluding hydrogens is 448 g/mol. The average Bonchev–Trinajstić information content (AvgIpc) is 3.03. The number of hydrogen-bond acceptors (Lipinski definition) is 3. The van der Waals surface area contributed by atoms with Crippen LogP contribution in [0, 0.1) is 12.7 Å². The Hall–Kier alpha value is -3.94. The number of aryl methyl sites for hydroxylation is 1. The van der Waals surface area contributed by atoms with E-state index in [1.54, 1.807) is 36.4 Å². The van der Waals surface area contributed by atoms with Crippen molar-refractivity contribution in [3.63, 3.8) is 0 Å². The van der Waals surface area contributed by atoms with E-state index in [4.69, 9.17) is 0 Å². The molecule has 0 bridgehead atoms. The Morgan fingerprint density at radius 1 is 0.882 bits per heavy atom. The fourth-order valence-corrected chi connectivity index (χ4v) is 3.69. The third kappa shape index (κ3) is 4.85. The number of imide groups is 1. The zero-order valence-electron chi connectivity index (χ0n) is 18.1. The van der Waals surface area contributed by atoms with E-state index in [0.717, 1.165) is 28.2 Å². The van der Waals surface area contributed by atoms with E-state index in [1.807, 2.05) is 6.92 Å². The number of carbonyl (C=O) groups is 2. The minimum atomic E-state index is -4.55. The van der Waals surface area contributed by atoms with Gasteiger partial charge in [0.15, 0.2) is 0 Å². The van der Waals surface area contributed by atoms with E-state index in [-0.39, 0.29) is 23.5 Å². The summed E-state index contributed by atoms with van der Waals surface area (Å²) in [6.45, 7) is 1.91. The quantitative estimate of drug-likeness (QED) is 0.379. The minimum Gasteiger partial charge on any atom is -0.350 e. The van der Waals surface area contributed by atoms with Crippen LogP contribution in [0.25, 0.3) is 5.57 Å². The number of carbonyl (C=O) groups excluding carboxylic acids is 2. The Bertz CT molecular complexity index is 1260. The summed E-state index contributed by atoms with van der Waals surface area (Å²) >= 11 is 0. The Morgan fingerprint density at radius 3 is 2.21 bits per heavy atom. The molecule has 0 saturated heterocycles. The van der Waals surface area contributed by atoms with Gasteiger partial charge in [0.25, 0.3) is 11.8 Å². The van der Waals surface area contributed by atoms with E-state index < -0.39 is 29.4 Å². The maximum atomic E-state index is 13.3. The molecule has 0 saturated carbocycles. The smallest absolute Gasteiger partial charge is 0.350 e. The van der Waals surface area contributed by atoms with Gasteiger partial charge in [-0.15, -0.1) is 0 Å². The van der Waals surface area contributed by atoms with Crippen molar-refractivity contribution in [3.05, 3.63) is 107 Å². The second-order valence-electron chi connectivity index (χ2n) is 7.96. The number of hydrogen-bond donors (Lipinski definition) is 1. The second kappa shape index (κ2) is 9.13. The van der Waals surface area contributed by atoms with Crippen molar-refractivity contribution in [2.45, 2.75) is 19.5 Å². The predicted octanol–water partition coefficient (Wildman–Crippen LogP) is 5.59. The summed E-state index contributed by atoms with van der Waals surface area (Å²) in [6.07, 6.45) is -4.25. The van der Waals surface area contributed by atoms with Crippen LogP contribution in [0.3, 0.4) is 0 Å². The first kappa shape index (κ1) is 23.2. The number of anilines is 1. The molecule has 1 N–H and O–H groups in total. The molecule has 2 amide bonds. The lowest BCUT2D eigenvalue weighted by molar-refractivity contribution is -0.138. The molecule has 0 aliphatic carbocycles. The van der Waals surface area contributed by atoms with Crippen molar-refractivity contribution in [2.24, 2.45) is 0 Å². The van der Waals surface area contributed by atoms with Crippen LogP contribution in [-0.4, -0.2) is 23.3 Å². The number of nitrogens with zero attached hydrogens (tertiary/aromatic N) is 1. The molecule has 0 atom stereocenters. The molecule has 1 aliphatic heterocycles. The van der Waals surface area contributed by atoms with Crippen LogP contribution in [0.4, 0.5) is 23.2 Å². The number of rotatable bonds is 6. The fourth-order valence-electron chi connectivity index (χ4n) is 3.69. The van der Waals surface area contributed by atoms with E-state index >= 15 is 0 Å². The van der Waals surface area contributed by atoms with Crippen molar-refractivity contribution in [1.82, 2.24) is 4.90 Å². The Balaban J connectivity index is 1.67. The van der Waals surface area contributed by atoms with Gasteiger partial charge in [-0.3, -0.25) is 14.5 Å². The third-order valence-electron chi connectivity index (χ3n) is 5.50. The van der Waals surface area contributed by atoms with E-state index in [9.17, 15) is 27.2 Å². The van der Waals surface area contributed by atoms with Gasteiger partial charge < -0.3 is 5.32 Å². The topological polar surface area (TPSA) is 49.4 Å². The molecule has 0 fully saturated rings. The maximum absolute atomic E-state index is 13.3. The maximum Gasteiger partial charge on any atom is 0.416 e. The molecule has 34 heavy (non-hydrogen) atoms. The number of nitrogens with one attached hydrogen (secondary N) is 1. The zero-order valence-corrected chi connectivity index (χ0v) is 18.1. The van der Waals surface area contributed by atoms with Crippen molar-refractivity contribution in [3.8, 4) is 0 Å². The highest BCUT2D eigenvalue weighted by atomic mass is 19.4. The number of alkyl halides is 3. The highest BCUT2D eigenvalue weighted by Gasteiger charge is 2.39. The van der Waals surface area contributed by atoms with Crippen LogP contribution in [0.1, 0.15) is 22.3 Å². The number of amides is 2. The lowest BCUT2D eigenvalue weighted by atomic mass is 10.0. The number of benzene rings is 3. The first-order valence-corrected chi connectivity index (χ1v) is 10.5. The molecule has 174 valence electrons. The molecule has 0 radical (unpaired) electrons. The van der Waals surface area contributed by atoms with Crippen molar-refractivity contribution in [2.75, 3.05) is 11.9 Å². The Kier molecular flexibility index (Phi) is 6.24. The summed E-state index contributed by atoms with van der Waals surface area (Å²) in [5.74, 6) is -1.58. The summed E-state index contributed by atoms with van der Waals surface area (Å²) in [6, 6.07) is 17.1. The van der Waals surface area contributed by atoms with Gasteiger partial charge in [-0.1, -0.05) is 48.0 Å². The highest BCUT2D eigenvalue weighted by Crippen LogP contribution is 2.34. The van der Waals surface area contributed by atoms with Crippen LogP contribution < -0.4 is 5.32 Å². The molecule has 1 heterocycles. The summed E-state index contributed by atoms with van der Waals surface area (Å²) < 4.78 is 52.6. The van der Waals surface area contributed by atoms with Gasteiger partial charge in [0.2, 0.25) is 0 Å². The van der Waals surface area contributed by atoms with Crippen LogP contribution in [0.15, 0.2) is 78.5 Å². The molecule has 4 rings (SSSR count). The van der Waals surface area contributed by atoms with Gasteiger partial charge in [-0.2, -0.15) is 13.2 Å².